The van der Waals surface area contributed by atoms with Gasteiger partial charge in [0.25, 0.3) is 0 Å². The molecule has 0 radical (unpaired) electrons. The molecule has 14 heteroatoms. The Morgan fingerprint density at radius 2 is 1.31 bits per heavy atom. The molecule has 248 valence electrons. The molecule has 1 saturated heterocycles. The quantitative estimate of drug-likeness (QED) is 0.139. The largest absolute Gasteiger partial charge is 0.549 e. The van der Waals surface area contributed by atoms with Gasteiger partial charge in [-0.15, -0.1) is 6.42 Å². The Morgan fingerprint density at radius 1 is 0.800 bits per heavy atom. The second-order valence-corrected chi connectivity index (χ2v) is 11.0. The average Bonchev–Trinajstić information content (AvgIpc) is 2.98. The summed E-state index contributed by atoms with van der Waals surface area (Å²) in [5, 5.41) is 39.4. The van der Waals surface area contributed by atoms with E-state index < -0.39 is 36.4 Å². The lowest BCUT2D eigenvalue weighted by atomic mass is 10.1. The fraction of sp³-hybridized carbons (Fsp3) is 0.581. The molecule has 1 aromatic rings. The number of terminal acetylenes is 1. The number of carbonyl (C=O) groups excluding carboxylic acids is 5. The highest BCUT2D eigenvalue weighted by Crippen LogP contribution is 2.08. The van der Waals surface area contributed by atoms with Gasteiger partial charge in [-0.3, -0.25) is 29.2 Å². The number of nitrogens with zero attached hydrogens (tertiary/aromatic N) is 4. The molecule has 1 aliphatic heterocycles. The van der Waals surface area contributed by atoms with Crippen LogP contribution in [0.5, 0.6) is 0 Å². The van der Waals surface area contributed by atoms with Gasteiger partial charge in [-0.25, -0.2) is 0 Å². The van der Waals surface area contributed by atoms with Crippen LogP contribution in [0.4, 0.5) is 0 Å². The van der Waals surface area contributed by atoms with E-state index in [1.54, 1.807) is 26.5 Å². The van der Waals surface area contributed by atoms with Crippen LogP contribution in [0.1, 0.15) is 30.9 Å². The molecular formula is C31H43N6O8-3. The van der Waals surface area contributed by atoms with Gasteiger partial charge >= 0.3 is 0 Å². The maximum Gasteiger partial charge on any atom is 0.239 e. The first-order valence-corrected chi connectivity index (χ1v) is 15.1. The van der Waals surface area contributed by atoms with E-state index in [9.17, 15) is 39.3 Å². The molecule has 1 aliphatic rings. The number of benzene rings is 1. The molecule has 1 unspecified atom stereocenters. The topological polar surface area (TPSA) is 192 Å². The molecule has 0 saturated carbocycles. The molecule has 45 heavy (non-hydrogen) atoms. The van der Waals surface area contributed by atoms with Gasteiger partial charge in [0, 0.05) is 84.1 Å². The normalized spacial score (nSPS) is 16.8. The number of unbranched alkanes of at least 4 members (excludes halogenated alkanes) is 1. The third-order valence-corrected chi connectivity index (χ3v) is 7.59. The van der Waals surface area contributed by atoms with Crippen molar-refractivity contribution in [3.05, 3.63) is 35.4 Å². The van der Waals surface area contributed by atoms with Crippen molar-refractivity contribution < 1.29 is 39.3 Å². The number of rotatable bonds is 15. The second-order valence-electron chi connectivity index (χ2n) is 11.0. The lowest BCUT2D eigenvalue weighted by molar-refractivity contribution is -0.308. The summed E-state index contributed by atoms with van der Waals surface area (Å²) in [4.78, 5) is 65.8. The molecule has 0 aliphatic carbocycles. The molecule has 1 aromatic carbocycles. The van der Waals surface area contributed by atoms with Gasteiger partial charge in [-0.1, -0.05) is 18.1 Å². The molecular weight excluding hydrogens is 584 g/mol. The highest BCUT2D eigenvalue weighted by molar-refractivity contribution is 5.87. The number of aliphatic carboxylic acids is 3. The summed E-state index contributed by atoms with van der Waals surface area (Å²) in [6, 6.07) is 7.03. The van der Waals surface area contributed by atoms with E-state index in [1.165, 1.54) is 0 Å². The second kappa shape index (κ2) is 20.1. The predicted molar refractivity (Wildman–Crippen MR) is 159 cm³/mol. The van der Waals surface area contributed by atoms with Crippen LogP contribution in [0.2, 0.25) is 0 Å². The van der Waals surface area contributed by atoms with Crippen molar-refractivity contribution in [3.8, 4) is 12.3 Å². The highest BCUT2D eigenvalue weighted by Gasteiger charge is 2.24. The number of amides is 2. The molecule has 0 bridgehead atoms. The fourth-order valence-electron chi connectivity index (χ4n) is 5.00. The number of nitrogens with one attached hydrogen (secondary N) is 2. The van der Waals surface area contributed by atoms with Gasteiger partial charge in [0.05, 0.1) is 30.5 Å². The van der Waals surface area contributed by atoms with Gasteiger partial charge in [-0.05, 0) is 43.9 Å². The van der Waals surface area contributed by atoms with Gasteiger partial charge in [-0.2, -0.15) is 0 Å². The van der Waals surface area contributed by atoms with Gasteiger partial charge in [0.1, 0.15) is 0 Å². The smallest absolute Gasteiger partial charge is 0.239 e. The Bertz CT molecular complexity index is 1160. The highest BCUT2D eigenvalue weighted by atomic mass is 16.4. The van der Waals surface area contributed by atoms with E-state index in [0.717, 1.165) is 30.4 Å². The summed E-state index contributed by atoms with van der Waals surface area (Å²) in [6.07, 6.45) is 7.87. The van der Waals surface area contributed by atoms with Crippen LogP contribution in [0, 0.1) is 12.3 Å². The van der Waals surface area contributed by atoms with Crippen molar-refractivity contribution >= 4 is 29.7 Å². The Kier molecular flexibility index (Phi) is 16.6. The Hall–Kier alpha value is -4.03. The van der Waals surface area contributed by atoms with Crippen LogP contribution < -0.4 is 26.0 Å². The van der Waals surface area contributed by atoms with Crippen LogP contribution in [-0.4, -0.2) is 140 Å². The maximum atomic E-state index is 13.0. The van der Waals surface area contributed by atoms with Crippen LogP contribution in [0.25, 0.3) is 0 Å². The molecule has 2 amide bonds. The van der Waals surface area contributed by atoms with Crippen molar-refractivity contribution in [3.63, 3.8) is 0 Å². The first kappa shape index (κ1) is 37.2. The molecule has 0 aromatic heterocycles. The SMILES string of the molecule is C#Cc1cccc(CCCCNC(=O)CNC(=O)C(C)N2CCN(CC(=O)[O-])CCN(CC(=O)[O-])CCN(CC(=O)[O-])CC2)c1. The minimum Gasteiger partial charge on any atom is -0.549 e. The standard InChI is InChI=1S/C31H46N6O8/c1-3-25-8-6-9-26(19-25)7-4-5-10-32-27(38)20-33-31(45)24(2)37-17-15-35(22-29(41)42)13-11-34(21-28(39)40)12-14-36(16-18-37)23-30(43)44/h1,6,8-9,19,24H,4-5,7,10-18,20-23H2,2H3,(H,32,38)(H,33,45)(H,39,40)(H,41,42)(H,43,44)/p-3. The lowest BCUT2D eigenvalue weighted by Gasteiger charge is -2.36. The van der Waals surface area contributed by atoms with E-state index in [1.807, 2.05) is 24.3 Å². The third kappa shape index (κ3) is 15.5. The van der Waals surface area contributed by atoms with Crippen molar-refractivity contribution in [2.24, 2.45) is 0 Å². The zero-order valence-corrected chi connectivity index (χ0v) is 25.8. The van der Waals surface area contributed by atoms with Crippen LogP contribution in [-0.2, 0) is 30.4 Å². The van der Waals surface area contributed by atoms with E-state index in [2.05, 4.69) is 16.6 Å². The van der Waals surface area contributed by atoms with Gasteiger partial charge in [0.15, 0.2) is 0 Å². The molecule has 0 spiro atoms. The van der Waals surface area contributed by atoms with Gasteiger partial charge < -0.3 is 40.3 Å². The Morgan fingerprint density at radius 3 is 1.80 bits per heavy atom. The summed E-state index contributed by atoms with van der Waals surface area (Å²) in [6.45, 7) is 2.46. The zero-order valence-electron chi connectivity index (χ0n) is 25.8. The zero-order chi connectivity index (χ0) is 33.2. The first-order chi connectivity index (χ1) is 21.5. The minimum atomic E-state index is -1.30. The third-order valence-electron chi connectivity index (χ3n) is 7.59. The van der Waals surface area contributed by atoms with E-state index in [-0.39, 0.29) is 77.9 Å². The van der Waals surface area contributed by atoms with Gasteiger partial charge in [0.2, 0.25) is 11.8 Å². The van der Waals surface area contributed by atoms with E-state index >= 15 is 0 Å². The number of carboxylic acid groups (broad SMARTS) is 3. The van der Waals surface area contributed by atoms with Crippen molar-refractivity contribution in [1.29, 1.82) is 0 Å². The Balaban J connectivity index is 1.92. The summed E-state index contributed by atoms with van der Waals surface area (Å²) in [5.74, 6) is -2.03. The minimum absolute atomic E-state index is 0.199. The molecule has 1 fully saturated rings. The van der Waals surface area contributed by atoms with Crippen molar-refractivity contribution in [1.82, 2.24) is 30.2 Å². The molecule has 1 atom stereocenters. The molecule has 2 rings (SSSR count). The summed E-state index contributed by atoms with van der Waals surface area (Å²) in [7, 11) is 0. The molecule has 2 N–H and O–H groups in total. The lowest BCUT2D eigenvalue weighted by Crippen LogP contribution is -2.54. The predicted octanol–water partition coefficient (Wildman–Crippen LogP) is -4.92. The van der Waals surface area contributed by atoms with Crippen molar-refractivity contribution in [2.45, 2.75) is 32.2 Å². The number of aryl methyl sites for hydroxylation is 1. The number of hydrogen-bond acceptors (Lipinski definition) is 12. The maximum absolute atomic E-state index is 13.0. The fourth-order valence-corrected chi connectivity index (χ4v) is 5.00. The van der Waals surface area contributed by atoms with E-state index in [4.69, 9.17) is 6.42 Å². The molecule has 1 heterocycles. The number of carboxylic acids is 3. The molecule has 14 nitrogen and oxygen atoms in total. The summed E-state index contributed by atoms with van der Waals surface area (Å²) >= 11 is 0. The van der Waals surface area contributed by atoms with Crippen molar-refractivity contribution in [2.75, 3.05) is 85.1 Å². The number of hydrogen-bond donors (Lipinski definition) is 2. The monoisotopic (exact) mass is 627 g/mol. The van der Waals surface area contributed by atoms with Crippen LogP contribution >= 0.6 is 0 Å². The first-order valence-electron chi connectivity index (χ1n) is 15.1. The summed E-state index contributed by atoms with van der Waals surface area (Å²) in [5.41, 5.74) is 1.95. The number of carbonyl (C=O) groups is 5. The van der Waals surface area contributed by atoms with Crippen LogP contribution in [0.3, 0.4) is 0 Å². The summed E-state index contributed by atoms with van der Waals surface area (Å²) < 4.78 is 0. The van der Waals surface area contributed by atoms with E-state index in [0.29, 0.717) is 6.54 Å². The average molecular weight is 628 g/mol. The van der Waals surface area contributed by atoms with Crippen LogP contribution in [0.15, 0.2) is 24.3 Å². The Labute approximate surface area is 264 Å².